The van der Waals surface area contributed by atoms with Crippen LogP contribution in [0.2, 0.25) is 0 Å². The minimum Gasteiger partial charge on any atom is -0.493 e. The molecule has 1 saturated heterocycles. The van der Waals surface area contributed by atoms with E-state index in [2.05, 4.69) is 22.9 Å². The number of hydrogen-bond acceptors (Lipinski definition) is 5. The zero-order chi connectivity index (χ0) is 14.5. The molecule has 110 valence electrons. The number of hydrogen-bond donors (Lipinski definition) is 0. The molecule has 6 heteroatoms. The van der Waals surface area contributed by atoms with Gasteiger partial charge in [0, 0.05) is 6.54 Å². The molecule has 1 aliphatic heterocycles. The maximum atomic E-state index is 5.40. The van der Waals surface area contributed by atoms with E-state index < -0.39 is 0 Å². The third kappa shape index (κ3) is 3.77. The lowest BCUT2D eigenvalue weighted by molar-refractivity contribution is 0.251. The molecule has 0 atom stereocenters. The molecule has 1 aromatic rings. The minimum atomic E-state index is 0.764. The molecule has 20 heavy (non-hydrogen) atoms. The first-order chi connectivity index (χ1) is 9.63. The van der Waals surface area contributed by atoms with Gasteiger partial charge in [-0.3, -0.25) is 4.90 Å². The van der Waals surface area contributed by atoms with E-state index in [1.54, 1.807) is 26.0 Å². The van der Waals surface area contributed by atoms with Crippen LogP contribution in [0, 0.1) is 0 Å². The lowest BCUT2D eigenvalue weighted by Crippen LogP contribution is -2.43. The topological polar surface area (TPSA) is 24.9 Å². The van der Waals surface area contributed by atoms with Gasteiger partial charge in [0.2, 0.25) is 0 Å². The Morgan fingerprint density at radius 3 is 2.70 bits per heavy atom. The second-order valence-electron chi connectivity index (χ2n) is 4.74. The van der Waals surface area contributed by atoms with Gasteiger partial charge in [-0.1, -0.05) is 30.0 Å². The van der Waals surface area contributed by atoms with E-state index in [4.69, 9.17) is 21.7 Å². The van der Waals surface area contributed by atoms with Gasteiger partial charge in [0.05, 0.1) is 26.8 Å². The van der Waals surface area contributed by atoms with Crippen molar-refractivity contribution < 1.29 is 9.47 Å². The predicted molar refractivity (Wildman–Crippen MR) is 87.6 cm³/mol. The summed E-state index contributed by atoms with van der Waals surface area (Å²) in [4.78, 5) is 4.50. The van der Waals surface area contributed by atoms with Crippen molar-refractivity contribution in [3.05, 3.63) is 23.8 Å². The van der Waals surface area contributed by atoms with E-state index in [9.17, 15) is 0 Å². The van der Waals surface area contributed by atoms with Gasteiger partial charge in [0.1, 0.15) is 4.32 Å². The van der Waals surface area contributed by atoms with Crippen molar-refractivity contribution >= 4 is 28.3 Å². The summed E-state index contributed by atoms with van der Waals surface area (Å²) in [5, 5.41) is 0. The van der Waals surface area contributed by atoms with Gasteiger partial charge in [0.15, 0.2) is 11.5 Å². The number of methoxy groups -OCH3 is 2. The Hall–Kier alpha value is -0.980. The highest BCUT2D eigenvalue weighted by molar-refractivity contribution is 8.22. The van der Waals surface area contributed by atoms with Crippen molar-refractivity contribution in [2.24, 2.45) is 0 Å². The smallest absolute Gasteiger partial charge is 0.160 e. The van der Waals surface area contributed by atoms with E-state index in [0.29, 0.717) is 0 Å². The molecule has 0 saturated carbocycles. The molecule has 2 rings (SSSR count). The largest absolute Gasteiger partial charge is 0.493 e. The van der Waals surface area contributed by atoms with Crippen LogP contribution >= 0.6 is 24.0 Å². The number of ether oxygens (including phenoxy) is 2. The van der Waals surface area contributed by atoms with E-state index in [-0.39, 0.29) is 0 Å². The van der Waals surface area contributed by atoms with Crippen LogP contribution in [0.4, 0.5) is 0 Å². The van der Waals surface area contributed by atoms with E-state index >= 15 is 0 Å². The summed E-state index contributed by atoms with van der Waals surface area (Å²) in [7, 11) is 5.42. The lowest BCUT2D eigenvalue weighted by Gasteiger charge is -2.34. The normalized spacial score (nSPS) is 16.4. The number of thioether (sulfide) groups is 1. The van der Waals surface area contributed by atoms with Crippen LogP contribution in [0.1, 0.15) is 5.56 Å². The number of benzene rings is 1. The summed E-state index contributed by atoms with van der Waals surface area (Å²) in [5.41, 5.74) is 1.23. The summed E-state index contributed by atoms with van der Waals surface area (Å²) in [6, 6.07) is 6.05. The molecule has 0 aromatic heterocycles. The van der Waals surface area contributed by atoms with Crippen LogP contribution in [0.5, 0.6) is 11.5 Å². The number of thiocarbonyl (C=S) groups is 1. The zero-order valence-electron chi connectivity index (χ0n) is 12.1. The molecule has 0 aliphatic carbocycles. The maximum absolute atomic E-state index is 5.40. The number of rotatable bonds is 5. The third-order valence-electron chi connectivity index (χ3n) is 3.20. The van der Waals surface area contributed by atoms with Gasteiger partial charge >= 0.3 is 0 Å². The van der Waals surface area contributed by atoms with Crippen LogP contribution in [-0.4, -0.2) is 54.5 Å². The van der Waals surface area contributed by atoms with Crippen LogP contribution < -0.4 is 9.47 Å². The van der Waals surface area contributed by atoms with Gasteiger partial charge < -0.3 is 14.4 Å². The van der Waals surface area contributed by atoms with Crippen molar-refractivity contribution in [1.29, 1.82) is 0 Å². The highest BCUT2D eigenvalue weighted by atomic mass is 32.2. The third-order valence-corrected chi connectivity index (χ3v) is 4.88. The van der Waals surface area contributed by atoms with Gasteiger partial charge in [-0.25, -0.2) is 0 Å². The van der Waals surface area contributed by atoms with Gasteiger partial charge in [-0.15, -0.1) is 0 Å². The molecule has 0 spiro atoms. The zero-order valence-corrected chi connectivity index (χ0v) is 13.7. The van der Waals surface area contributed by atoms with Crippen molar-refractivity contribution in [3.8, 4) is 11.5 Å². The highest BCUT2D eigenvalue weighted by Gasteiger charge is 2.18. The Kier molecular flexibility index (Phi) is 5.51. The second-order valence-corrected chi connectivity index (χ2v) is 6.32. The molecule has 1 heterocycles. The average Bonchev–Trinajstić information content (AvgIpc) is 2.47. The summed E-state index contributed by atoms with van der Waals surface area (Å²) in [6.07, 6.45) is 0.939. The van der Waals surface area contributed by atoms with Gasteiger partial charge in [-0.2, -0.15) is 0 Å². The second kappa shape index (κ2) is 7.15. The predicted octanol–water partition coefficient (Wildman–Crippen LogP) is 2.43. The van der Waals surface area contributed by atoms with Crippen LogP contribution in [-0.2, 0) is 6.42 Å². The fraction of sp³-hybridized carbons (Fsp3) is 0.500. The quantitative estimate of drug-likeness (QED) is 0.775. The summed E-state index contributed by atoms with van der Waals surface area (Å²) >= 11 is 7.12. The van der Waals surface area contributed by atoms with E-state index in [1.165, 1.54) is 5.56 Å². The van der Waals surface area contributed by atoms with Crippen LogP contribution in [0.25, 0.3) is 0 Å². The molecule has 0 unspecified atom stereocenters. The minimum absolute atomic E-state index is 0.764. The van der Waals surface area contributed by atoms with Crippen molar-refractivity contribution in [2.45, 2.75) is 6.42 Å². The van der Waals surface area contributed by atoms with Crippen molar-refractivity contribution in [2.75, 3.05) is 40.4 Å². The molecule has 0 N–H and O–H groups in total. The number of nitrogens with zero attached hydrogens (tertiary/aromatic N) is 2. The molecule has 0 bridgehead atoms. The Bertz CT molecular complexity index is 482. The molecule has 0 radical (unpaired) electrons. The van der Waals surface area contributed by atoms with Crippen LogP contribution in [0.3, 0.4) is 0 Å². The van der Waals surface area contributed by atoms with Gasteiger partial charge in [-0.05, 0) is 31.2 Å². The highest BCUT2D eigenvalue weighted by Crippen LogP contribution is 2.28. The SMILES string of the molecule is COc1ccc(CCN2CN(C)CSC2=S)cc1OC. The van der Waals surface area contributed by atoms with Gasteiger partial charge in [0.25, 0.3) is 0 Å². The Morgan fingerprint density at radius 1 is 1.25 bits per heavy atom. The molecule has 1 fully saturated rings. The monoisotopic (exact) mass is 312 g/mol. The molecule has 1 aromatic carbocycles. The molecule has 4 nitrogen and oxygen atoms in total. The Morgan fingerprint density at radius 2 is 2.00 bits per heavy atom. The maximum Gasteiger partial charge on any atom is 0.160 e. The first-order valence-corrected chi connectivity index (χ1v) is 7.84. The summed E-state index contributed by atoms with van der Waals surface area (Å²) in [6.45, 7) is 1.82. The Labute approximate surface area is 130 Å². The molecule has 0 amide bonds. The average molecular weight is 312 g/mol. The lowest BCUT2D eigenvalue weighted by atomic mass is 10.1. The first-order valence-electron chi connectivity index (χ1n) is 6.45. The summed E-state index contributed by atoms with van der Waals surface area (Å²) < 4.78 is 11.6. The summed E-state index contributed by atoms with van der Waals surface area (Å²) in [5.74, 6) is 2.52. The van der Waals surface area contributed by atoms with E-state index in [0.717, 1.165) is 41.3 Å². The fourth-order valence-electron chi connectivity index (χ4n) is 2.11. The first kappa shape index (κ1) is 15.4. The standard InChI is InChI=1S/C14H20N2O2S2/c1-15-9-16(14(19)20-10-15)7-6-11-4-5-12(17-2)13(8-11)18-3/h4-5,8H,6-7,9-10H2,1-3H3. The van der Waals surface area contributed by atoms with Crippen LogP contribution in [0.15, 0.2) is 18.2 Å². The molecular weight excluding hydrogens is 292 g/mol. The molecular formula is C14H20N2O2S2. The fourth-order valence-corrected chi connectivity index (χ4v) is 3.16. The van der Waals surface area contributed by atoms with E-state index in [1.807, 2.05) is 12.1 Å². The Balaban J connectivity index is 1.98. The molecule has 1 aliphatic rings. The van der Waals surface area contributed by atoms with Crippen molar-refractivity contribution in [3.63, 3.8) is 0 Å². The van der Waals surface area contributed by atoms with Crippen molar-refractivity contribution in [1.82, 2.24) is 9.80 Å².